The summed E-state index contributed by atoms with van der Waals surface area (Å²) in [6.45, 7) is 9.19. The van der Waals surface area contributed by atoms with E-state index in [9.17, 15) is 10.2 Å². The lowest BCUT2D eigenvalue weighted by molar-refractivity contribution is -0.437. The normalized spacial score (nSPS) is 62.3. The van der Waals surface area contributed by atoms with Gasteiger partial charge < -0.3 is 19.7 Å². The maximum atomic E-state index is 9.69. The molecule has 2 N–H and O–H groups in total. The highest BCUT2D eigenvalue weighted by Crippen LogP contribution is 2.74. The van der Waals surface area contributed by atoms with Gasteiger partial charge in [0.15, 0.2) is 0 Å². The second kappa shape index (κ2) is 2.95. The molecule has 0 spiro atoms. The lowest BCUT2D eigenvalue weighted by Gasteiger charge is -2.78. The van der Waals surface area contributed by atoms with Crippen LogP contribution in [-0.4, -0.2) is 46.8 Å². The van der Waals surface area contributed by atoms with E-state index in [0.717, 1.165) is 0 Å². The molecule has 0 aromatic heterocycles. The molecule has 0 aromatic rings. The Labute approximate surface area is 107 Å². The zero-order valence-corrected chi connectivity index (χ0v) is 11.3. The Balaban J connectivity index is 1.58. The van der Waals surface area contributed by atoms with Crippen molar-refractivity contribution in [2.45, 2.75) is 64.3 Å². The largest absolute Gasteiger partial charge is 0.387 e. The van der Waals surface area contributed by atoms with Crippen LogP contribution in [0.2, 0.25) is 0 Å². The van der Waals surface area contributed by atoms with Crippen LogP contribution < -0.4 is 0 Å². The fraction of sp³-hybridized carbons (Fsp3) is 1.00. The molecule has 3 saturated carbocycles. The molecule has 8 unspecified atom stereocenters. The van der Waals surface area contributed by atoms with Crippen molar-refractivity contribution in [3.63, 3.8) is 0 Å². The third-order valence-electron chi connectivity index (χ3n) is 6.72. The van der Waals surface area contributed by atoms with Crippen molar-refractivity contribution in [2.75, 3.05) is 0 Å². The van der Waals surface area contributed by atoms with E-state index in [1.165, 1.54) is 0 Å². The third kappa shape index (κ3) is 0.942. The lowest BCUT2D eigenvalue weighted by atomic mass is 9.31. The quantitative estimate of drug-likeness (QED) is 0.663. The molecule has 0 aromatic carbocycles. The molecule has 0 radical (unpaired) electrons. The van der Waals surface area contributed by atoms with Gasteiger partial charge in [0.25, 0.3) is 0 Å². The Morgan fingerprint density at radius 1 is 0.667 bits per heavy atom. The summed E-state index contributed by atoms with van der Waals surface area (Å²) in [6, 6.07) is 0. The van der Waals surface area contributed by atoms with Gasteiger partial charge in [0.05, 0.1) is 12.2 Å². The number of aliphatic hydroxyl groups is 2. The summed E-state index contributed by atoms with van der Waals surface area (Å²) in [6.07, 6.45) is -1.95. The Bertz CT molecular complexity index is 367. The molecule has 4 aliphatic rings. The van der Waals surface area contributed by atoms with Crippen molar-refractivity contribution in [3.8, 4) is 0 Å². The minimum atomic E-state index is -0.772. The molecular weight excluding hydrogens is 232 g/mol. The summed E-state index contributed by atoms with van der Waals surface area (Å²) in [5.74, 6) is 1.06. The third-order valence-corrected chi connectivity index (χ3v) is 6.72. The van der Waals surface area contributed by atoms with E-state index in [0.29, 0.717) is 11.8 Å². The summed E-state index contributed by atoms with van der Waals surface area (Å²) in [5, 5.41) is 19.4. The molecule has 3 aliphatic carbocycles. The van der Waals surface area contributed by atoms with Crippen LogP contribution in [0.5, 0.6) is 0 Å². The van der Waals surface area contributed by atoms with E-state index < -0.39 is 12.2 Å². The molecule has 1 aliphatic heterocycles. The Morgan fingerprint density at radius 2 is 1.00 bits per heavy atom. The van der Waals surface area contributed by atoms with Crippen LogP contribution in [0.1, 0.15) is 27.7 Å². The smallest absolute Gasteiger partial charge is 0.115 e. The van der Waals surface area contributed by atoms with Crippen molar-refractivity contribution in [1.82, 2.24) is 0 Å². The van der Waals surface area contributed by atoms with Crippen molar-refractivity contribution < 1.29 is 19.7 Å². The van der Waals surface area contributed by atoms with E-state index in [-0.39, 0.29) is 35.2 Å². The van der Waals surface area contributed by atoms with E-state index in [1.807, 2.05) is 0 Å². The number of aliphatic hydroxyl groups excluding tert-OH is 2. The van der Waals surface area contributed by atoms with Crippen molar-refractivity contribution in [2.24, 2.45) is 22.7 Å². The monoisotopic (exact) mass is 254 g/mol. The van der Waals surface area contributed by atoms with Gasteiger partial charge in [0.2, 0.25) is 0 Å². The van der Waals surface area contributed by atoms with Gasteiger partial charge in [0, 0.05) is 0 Å². The first-order valence-electron chi connectivity index (χ1n) is 6.95. The fourth-order valence-electron chi connectivity index (χ4n) is 4.79. The van der Waals surface area contributed by atoms with Gasteiger partial charge in [-0.2, -0.15) is 0 Å². The van der Waals surface area contributed by atoms with Crippen LogP contribution in [-0.2, 0) is 9.47 Å². The molecule has 18 heavy (non-hydrogen) atoms. The summed E-state index contributed by atoms with van der Waals surface area (Å²) in [4.78, 5) is 0. The predicted molar refractivity (Wildman–Crippen MR) is 63.9 cm³/mol. The summed E-state index contributed by atoms with van der Waals surface area (Å²) in [5.41, 5.74) is 0.505. The van der Waals surface area contributed by atoms with Crippen LogP contribution in [0.25, 0.3) is 0 Å². The van der Waals surface area contributed by atoms with Gasteiger partial charge in [-0.15, -0.1) is 0 Å². The lowest BCUT2D eigenvalue weighted by Crippen LogP contribution is -2.84. The van der Waals surface area contributed by atoms with Crippen LogP contribution in [0.3, 0.4) is 0 Å². The minimum absolute atomic E-state index is 0.112. The van der Waals surface area contributed by atoms with Gasteiger partial charge >= 0.3 is 0 Å². The maximum absolute atomic E-state index is 9.69. The van der Waals surface area contributed by atoms with Crippen LogP contribution in [0.15, 0.2) is 0 Å². The first kappa shape index (κ1) is 11.6. The van der Waals surface area contributed by atoms with Gasteiger partial charge in [-0.1, -0.05) is 27.7 Å². The van der Waals surface area contributed by atoms with E-state index >= 15 is 0 Å². The van der Waals surface area contributed by atoms with Crippen LogP contribution >= 0.6 is 0 Å². The summed E-state index contributed by atoms with van der Waals surface area (Å²) < 4.78 is 12.0. The minimum Gasteiger partial charge on any atom is -0.387 e. The SMILES string of the molecule is CC1(C)C2C3OC4C(O)C(O)C4OC3C2C1(C)C. The topological polar surface area (TPSA) is 58.9 Å². The van der Waals surface area contributed by atoms with Crippen molar-refractivity contribution in [3.05, 3.63) is 0 Å². The van der Waals surface area contributed by atoms with E-state index in [2.05, 4.69) is 27.7 Å². The molecule has 4 rings (SSSR count). The maximum Gasteiger partial charge on any atom is 0.115 e. The predicted octanol–water partition coefficient (Wildman–Crippen LogP) is 0.555. The second-order valence-corrected chi connectivity index (χ2v) is 7.61. The van der Waals surface area contributed by atoms with Crippen LogP contribution in [0.4, 0.5) is 0 Å². The zero-order chi connectivity index (χ0) is 13.0. The molecular formula is C14H22O4. The highest BCUT2D eigenvalue weighted by Gasteiger charge is 2.78. The molecule has 4 fully saturated rings. The Morgan fingerprint density at radius 3 is 1.33 bits per heavy atom. The average molecular weight is 254 g/mol. The Hall–Kier alpha value is -0.160. The van der Waals surface area contributed by atoms with E-state index in [1.54, 1.807) is 0 Å². The molecule has 4 nitrogen and oxygen atoms in total. The molecule has 102 valence electrons. The summed E-state index contributed by atoms with van der Waals surface area (Å²) >= 11 is 0. The first-order valence-corrected chi connectivity index (χ1v) is 6.95. The average Bonchev–Trinajstić information content (AvgIpc) is 2.28. The highest BCUT2D eigenvalue weighted by atomic mass is 16.6. The van der Waals surface area contributed by atoms with Crippen LogP contribution in [0, 0.1) is 22.7 Å². The van der Waals surface area contributed by atoms with Gasteiger partial charge in [-0.3, -0.25) is 0 Å². The number of hydrogen-bond acceptors (Lipinski definition) is 4. The van der Waals surface area contributed by atoms with Crippen molar-refractivity contribution >= 4 is 0 Å². The van der Waals surface area contributed by atoms with Gasteiger partial charge in [-0.25, -0.2) is 0 Å². The number of fused-ring (bicyclic) bond motifs is 5. The molecule has 4 heteroatoms. The highest BCUT2D eigenvalue weighted by molar-refractivity contribution is 5.25. The number of ether oxygens (including phenoxy) is 2. The first-order chi connectivity index (χ1) is 8.28. The van der Waals surface area contributed by atoms with E-state index in [4.69, 9.17) is 9.47 Å². The summed E-state index contributed by atoms with van der Waals surface area (Å²) in [7, 11) is 0. The van der Waals surface area contributed by atoms with Crippen molar-refractivity contribution in [1.29, 1.82) is 0 Å². The van der Waals surface area contributed by atoms with Gasteiger partial charge in [-0.05, 0) is 22.7 Å². The standard InChI is InChI=1S/C14H22O4/c1-13(2)5-6(14(13,3)4)10-9(5)17-11-7(15)8(16)12(11)18-10/h5-12,15-16H,1-4H3. The number of rotatable bonds is 0. The second-order valence-electron chi connectivity index (χ2n) is 7.61. The van der Waals surface area contributed by atoms with Gasteiger partial charge in [0.1, 0.15) is 24.4 Å². The molecule has 0 amide bonds. The zero-order valence-electron chi connectivity index (χ0n) is 11.3. The molecule has 1 saturated heterocycles. The number of hydrogen-bond donors (Lipinski definition) is 2. The molecule has 1 heterocycles. The fourth-order valence-corrected chi connectivity index (χ4v) is 4.79. The molecule has 8 atom stereocenters. The molecule has 0 bridgehead atoms. The Kier molecular flexibility index (Phi) is 1.91.